The number of hydrogen-bond donors (Lipinski definition) is 0. The predicted molar refractivity (Wildman–Crippen MR) is 191 cm³/mol. The number of rotatable bonds is 7. The van der Waals surface area contributed by atoms with Crippen LogP contribution in [0.1, 0.15) is 101 Å². The average Bonchev–Trinajstić information content (AvgIpc) is 3.82. The second-order valence-electron chi connectivity index (χ2n) is 14.9. The Morgan fingerprint density at radius 2 is 1.52 bits per heavy atom. The van der Waals surface area contributed by atoms with Gasteiger partial charge >= 0.3 is 21.1 Å². The maximum absolute atomic E-state index is 5.02. The second-order valence-corrected chi connectivity index (χ2v) is 14.9. The zero-order valence-corrected chi connectivity index (χ0v) is 31.3. The van der Waals surface area contributed by atoms with Crippen LogP contribution in [0, 0.1) is 6.07 Å². The zero-order valence-electron chi connectivity index (χ0n) is 29.0. The molecule has 3 aromatic carbocycles. The van der Waals surface area contributed by atoms with E-state index in [9.17, 15) is 0 Å². The topological polar surface area (TPSA) is 62.1 Å². The zero-order chi connectivity index (χ0) is 32.8. The monoisotopic (exact) mass is 813 g/mol. The third-order valence-corrected chi connectivity index (χ3v) is 11.1. The van der Waals surface area contributed by atoms with Crippen molar-refractivity contribution in [2.24, 2.45) is 0 Å². The molecular weight excluding hydrogens is 772 g/mol. The van der Waals surface area contributed by atoms with Crippen LogP contribution < -0.4 is 4.98 Å². The summed E-state index contributed by atoms with van der Waals surface area (Å²) < 4.78 is 4.58. The van der Waals surface area contributed by atoms with Crippen LogP contribution in [0.5, 0.6) is 0 Å². The molecule has 0 spiro atoms. The van der Waals surface area contributed by atoms with Crippen LogP contribution in [0.15, 0.2) is 73.3 Å². The summed E-state index contributed by atoms with van der Waals surface area (Å²) in [6.45, 7) is 18.4. The fourth-order valence-electron chi connectivity index (χ4n) is 7.70. The molecule has 0 N–H and O–H groups in total. The van der Waals surface area contributed by atoms with Gasteiger partial charge in [0.1, 0.15) is 5.82 Å². The molecule has 0 atom stereocenters. The van der Waals surface area contributed by atoms with E-state index in [4.69, 9.17) is 19.9 Å². The van der Waals surface area contributed by atoms with Crippen molar-refractivity contribution in [3.05, 3.63) is 113 Å². The van der Waals surface area contributed by atoms with Crippen molar-refractivity contribution in [2.45, 2.75) is 90.9 Å². The molecule has 0 unspecified atom stereocenters. The Balaban J connectivity index is 0.00000364. The molecule has 0 aliphatic carbocycles. The fraction of sp³-hybridized carbons (Fsp3) is 0.341. The van der Waals surface area contributed by atoms with Crippen molar-refractivity contribution in [1.29, 1.82) is 0 Å². The molecule has 0 bridgehead atoms. The molecular formula is C41H42N6Pt. The maximum atomic E-state index is 5.02. The second kappa shape index (κ2) is 11.5. The number of pyridine rings is 1. The van der Waals surface area contributed by atoms with E-state index >= 15 is 0 Å². The van der Waals surface area contributed by atoms with Gasteiger partial charge in [0.05, 0.1) is 11.3 Å². The van der Waals surface area contributed by atoms with Crippen LogP contribution in [-0.4, -0.2) is 23.9 Å². The molecule has 0 saturated carbocycles. The van der Waals surface area contributed by atoms with Gasteiger partial charge in [-0.2, -0.15) is 0 Å². The van der Waals surface area contributed by atoms with Gasteiger partial charge < -0.3 is 14.4 Å². The molecule has 0 amide bonds. The summed E-state index contributed by atoms with van der Waals surface area (Å²) >= 11 is 0. The molecule has 48 heavy (non-hydrogen) atoms. The summed E-state index contributed by atoms with van der Waals surface area (Å²) in [7, 11) is 0. The van der Waals surface area contributed by atoms with Crippen molar-refractivity contribution in [1.82, 2.24) is 28.9 Å². The summed E-state index contributed by atoms with van der Waals surface area (Å²) in [6.07, 6.45) is 9.46. The van der Waals surface area contributed by atoms with Crippen LogP contribution in [0.4, 0.5) is 0 Å². The van der Waals surface area contributed by atoms with Crippen molar-refractivity contribution in [3.63, 3.8) is 0 Å². The van der Waals surface area contributed by atoms with Crippen LogP contribution in [0.2, 0.25) is 0 Å². The Morgan fingerprint density at radius 1 is 0.792 bits per heavy atom. The number of hydrogen-bond acceptors (Lipinski definition) is 3. The van der Waals surface area contributed by atoms with E-state index in [-0.39, 0.29) is 31.9 Å². The van der Waals surface area contributed by atoms with Gasteiger partial charge in [-0.3, -0.25) is 9.55 Å². The van der Waals surface area contributed by atoms with E-state index in [1.54, 1.807) is 0 Å². The number of imidazole rings is 3. The van der Waals surface area contributed by atoms with Gasteiger partial charge in [-0.15, -0.1) is 23.8 Å². The molecule has 0 radical (unpaired) electrons. The van der Waals surface area contributed by atoms with Crippen molar-refractivity contribution in [3.8, 4) is 17.3 Å². The summed E-state index contributed by atoms with van der Waals surface area (Å²) in [5.74, 6) is 2.20. The smallest absolute Gasteiger partial charge is 0.440 e. The summed E-state index contributed by atoms with van der Waals surface area (Å²) in [4.78, 5) is 19.5. The first-order chi connectivity index (χ1) is 22.5. The van der Waals surface area contributed by atoms with Gasteiger partial charge in [-0.1, -0.05) is 114 Å². The van der Waals surface area contributed by atoms with Crippen LogP contribution in [0.25, 0.3) is 44.7 Å². The third-order valence-electron chi connectivity index (χ3n) is 11.1. The summed E-state index contributed by atoms with van der Waals surface area (Å²) in [5, 5.41) is 3.54. The summed E-state index contributed by atoms with van der Waals surface area (Å²) in [6, 6.07) is 21.6. The predicted octanol–water partition coefficient (Wildman–Crippen LogP) is 9.24. The molecule has 4 aromatic heterocycles. The SMILES string of the molecule is CC(C)c1cccc(C(C)C)c1-n1ccnc1-c1ncc(CCc2[c-]c3c(cc2)c2cccc4c2n2c(cnc32)C(C)(C)C4(C)C)[n-]1.[Pt+2]. The van der Waals surface area contributed by atoms with Gasteiger partial charge in [0.2, 0.25) is 0 Å². The van der Waals surface area contributed by atoms with Gasteiger partial charge in [0.25, 0.3) is 0 Å². The number of aryl methyl sites for hydroxylation is 2. The Bertz CT molecular complexity index is 2300. The molecule has 7 aromatic rings. The molecule has 0 fully saturated rings. The molecule has 6 nitrogen and oxygen atoms in total. The van der Waals surface area contributed by atoms with Gasteiger partial charge in [-0.05, 0) is 52.6 Å². The van der Waals surface area contributed by atoms with Crippen LogP contribution in [-0.2, 0) is 44.7 Å². The number of para-hydroxylation sites is 2. The Morgan fingerprint density at radius 3 is 2.25 bits per heavy atom. The largest absolute Gasteiger partial charge is 2.00 e. The molecule has 1 aliphatic heterocycles. The Labute approximate surface area is 297 Å². The van der Waals surface area contributed by atoms with E-state index in [0.29, 0.717) is 17.7 Å². The van der Waals surface area contributed by atoms with E-state index in [1.165, 1.54) is 44.4 Å². The van der Waals surface area contributed by atoms with Gasteiger partial charge in [0.15, 0.2) is 0 Å². The number of benzene rings is 3. The van der Waals surface area contributed by atoms with Gasteiger partial charge in [-0.25, -0.2) is 4.98 Å². The Hall–Kier alpha value is -4.02. The van der Waals surface area contributed by atoms with E-state index in [2.05, 4.69) is 125 Å². The van der Waals surface area contributed by atoms with E-state index < -0.39 is 0 Å². The molecule has 8 rings (SSSR count). The van der Waals surface area contributed by atoms with Crippen molar-refractivity contribution >= 4 is 27.3 Å². The van der Waals surface area contributed by atoms with Crippen LogP contribution >= 0.6 is 0 Å². The van der Waals surface area contributed by atoms with Crippen molar-refractivity contribution in [2.75, 3.05) is 0 Å². The van der Waals surface area contributed by atoms with Crippen molar-refractivity contribution < 1.29 is 21.1 Å². The first kappa shape index (κ1) is 32.5. The number of nitrogens with zero attached hydrogens (tertiary/aromatic N) is 6. The fourth-order valence-corrected chi connectivity index (χ4v) is 7.70. The van der Waals surface area contributed by atoms with E-state index in [0.717, 1.165) is 41.0 Å². The van der Waals surface area contributed by atoms with Crippen LogP contribution in [0.3, 0.4) is 0 Å². The normalized spacial score (nSPS) is 15.0. The average molecular weight is 814 g/mol. The minimum atomic E-state index is -0.0743. The Kier molecular flexibility index (Phi) is 7.83. The molecule has 0 saturated heterocycles. The minimum absolute atomic E-state index is 0. The quantitative estimate of drug-likeness (QED) is 0.119. The van der Waals surface area contributed by atoms with Gasteiger partial charge in [0, 0.05) is 40.6 Å². The molecule has 246 valence electrons. The standard InChI is InChI=1S/C41H42N6.Pt/c1-24(2)28-11-9-12-29(25(3)4)35(28)46-20-19-42-39(46)37-43-22-27(45-37)17-15-26-16-18-30-31-13-10-14-33-36(31)47-34(41(7,8)40(33,5)6)23-44-38(47)32(30)21-26;/h9-14,16,18-20,22-25H,15,17H2,1-8H3;/q-2;+2. The summed E-state index contributed by atoms with van der Waals surface area (Å²) in [5.41, 5.74) is 10.7. The number of aromatic nitrogens is 6. The molecule has 1 aliphatic rings. The van der Waals surface area contributed by atoms with E-state index in [1.807, 2.05) is 18.6 Å². The first-order valence-electron chi connectivity index (χ1n) is 16.9. The first-order valence-corrected chi connectivity index (χ1v) is 16.9. The third kappa shape index (κ3) is 4.66. The maximum Gasteiger partial charge on any atom is 2.00 e. The minimum Gasteiger partial charge on any atom is -0.440 e. The molecule has 5 heterocycles. The molecule has 7 heteroatoms. The number of fused-ring (bicyclic) bond motifs is 3.